The van der Waals surface area contributed by atoms with Crippen LogP contribution in [-0.4, -0.2) is 37.6 Å². The number of rotatable bonds is 5. The van der Waals surface area contributed by atoms with Crippen molar-refractivity contribution in [3.63, 3.8) is 0 Å². The molecule has 1 aromatic rings. The quantitative estimate of drug-likeness (QED) is 0.794. The van der Waals surface area contributed by atoms with E-state index in [4.69, 9.17) is 10.5 Å². The van der Waals surface area contributed by atoms with Crippen LogP contribution in [-0.2, 0) is 16.1 Å². The first-order valence-electron chi connectivity index (χ1n) is 5.18. The minimum Gasteiger partial charge on any atom is -0.383 e. The van der Waals surface area contributed by atoms with Crippen LogP contribution >= 0.6 is 0 Å². The number of methoxy groups -OCH3 is 1. The Labute approximate surface area is 96.0 Å². The van der Waals surface area contributed by atoms with Gasteiger partial charge in [-0.3, -0.25) is 4.79 Å². The largest absolute Gasteiger partial charge is 0.383 e. The smallest absolute Gasteiger partial charge is 0.241 e. The fourth-order valence-electron chi connectivity index (χ4n) is 1.47. The van der Waals surface area contributed by atoms with E-state index < -0.39 is 6.04 Å². The van der Waals surface area contributed by atoms with Gasteiger partial charge < -0.3 is 15.4 Å². The zero-order valence-electron chi connectivity index (χ0n) is 9.72. The molecule has 0 radical (unpaired) electrons. The Kier molecular flexibility index (Phi) is 4.95. The van der Waals surface area contributed by atoms with E-state index in [2.05, 4.69) is 0 Å². The minimum atomic E-state index is -0.585. The van der Waals surface area contributed by atoms with Crippen molar-refractivity contribution >= 4 is 5.91 Å². The molecule has 16 heavy (non-hydrogen) atoms. The molecule has 1 amide bonds. The second-order valence-corrected chi connectivity index (χ2v) is 3.74. The van der Waals surface area contributed by atoms with E-state index in [0.29, 0.717) is 6.54 Å². The fraction of sp³-hybridized carbons (Fsp3) is 0.417. The summed E-state index contributed by atoms with van der Waals surface area (Å²) in [6, 6.07) is 9.21. The van der Waals surface area contributed by atoms with E-state index in [1.54, 1.807) is 11.9 Å². The zero-order valence-corrected chi connectivity index (χ0v) is 9.72. The number of nitrogens with two attached hydrogens (primary N) is 1. The van der Waals surface area contributed by atoms with Gasteiger partial charge in [0.25, 0.3) is 0 Å². The van der Waals surface area contributed by atoms with Gasteiger partial charge in [0.05, 0.1) is 6.61 Å². The number of carbonyl (C=O) groups excluding carboxylic acids is 1. The summed E-state index contributed by atoms with van der Waals surface area (Å²) in [6.07, 6.45) is 0. The topological polar surface area (TPSA) is 55.6 Å². The molecule has 4 nitrogen and oxygen atoms in total. The summed E-state index contributed by atoms with van der Waals surface area (Å²) < 4.78 is 4.85. The highest BCUT2D eigenvalue weighted by atomic mass is 16.5. The molecule has 4 heteroatoms. The van der Waals surface area contributed by atoms with Gasteiger partial charge in [0, 0.05) is 20.7 Å². The van der Waals surface area contributed by atoms with E-state index in [1.165, 1.54) is 7.11 Å². The zero-order chi connectivity index (χ0) is 12.0. The lowest BCUT2D eigenvalue weighted by Crippen LogP contribution is -2.44. The molecule has 0 spiro atoms. The van der Waals surface area contributed by atoms with Gasteiger partial charge in [-0.1, -0.05) is 30.3 Å². The van der Waals surface area contributed by atoms with Crippen molar-refractivity contribution in [3.05, 3.63) is 35.9 Å². The molecule has 0 bridgehead atoms. The second kappa shape index (κ2) is 6.25. The van der Waals surface area contributed by atoms with Gasteiger partial charge in [0.2, 0.25) is 5.91 Å². The summed E-state index contributed by atoms with van der Waals surface area (Å²) in [5.41, 5.74) is 6.75. The fourth-order valence-corrected chi connectivity index (χ4v) is 1.47. The Morgan fingerprint density at radius 3 is 2.62 bits per heavy atom. The second-order valence-electron chi connectivity index (χ2n) is 3.74. The van der Waals surface area contributed by atoms with Crippen LogP contribution in [0.2, 0.25) is 0 Å². The highest BCUT2D eigenvalue weighted by Gasteiger charge is 2.17. The monoisotopic (exact) mass is 222 g/mol. The SMILES string of the molecule is COCC(N)C(=O)N(C)Cc1ccccc1. The lowest BCUT2D eigenvalue weighted by Gasteiger charge is -2.20. The summed E-state index contributed by atoms with van der Waals surface area (Å²) >= 11 is 0. The Morgan fingerprint density at radius 2 is 2.06 bits per heavy atom. The maximum atomic E-state index is 11.8. The van der Waals surface area contributed by atoms with E-state index in [0.717, 1.165) is 5.56 Å². The molecule has 0 fully saturated rings. The molecule has 1 atom stereocenters. The van der Waals surface area contributed by atoms with Crippen molar-refractivity contribution in [3.8, 4) is 0 Å². The maximum Gasteiger partial charge on any atom is 0.241 e. The lowest BCUT2D eigenvalue weighted by molar-refractivity contribution is -0.132. The average molecular weight is 222 g/mol. The van der Waals surface area contributed by atoms with Crippen molar-refractivity contribution in [1.29, 1.82) is 0 Å². The number of carbonyl (C=O) groups is 1. The van der Waals surface area contributed by atoms with Gasteiger partial charge in [-0.25, -0.2) is 0 Å². The highest BCUT2D eigenvalue weighted by molar-refractivity contribution is 5.81. The summed E-state index contributed by atoms with van der Waals surface area (Å²) in [5, 5.41) is 0. The van der Waals surface area contributed by atoms with Crippen LogP contribution in [0, 0.1) is 0 Å². The number of likely N-dealkylation sites (N-methyl/N-ethyl adjacent to an activating group) is 1. The summed E-state index contributed by atoms with van der Waals surface area (Å²) in [7, 11) is 3.27. The van der Waals surface area contributed by atoms with Gasteiger partial charge in [-0.2, -0.15) is 0 Å². The molecule has 0 aromatic heterocycles. The Hall–Kier alpha value is -1.39. The van der Waals surface area contributed by atoms with Crippen LogP contribution in [0.3, 0.4) is 0 Å². The van der Waals surface area contributed by atoms with Gasteiger partial charge in [-0.15, -0.1) is 0 Å². The molecule has 0 heterocycles. The van der Waals surface area contributed by atoms with Crippen LogP contribution in [0.4, 0.5) is 0 Å². The average Bonchev–Trinajstić information content (AvgIpc) is 2.29. The van der Waals surface area contributed by atoms with Crippen molar-refractivity contribution in [2.24, 2.45) is 5.73 Å². The predicted molar refractivity (Wildman–Crippen MR) is 62.8 cm³/mol. The van der Waals surface area contributed by atoms with E-state index >= 15 is 0 Å². The third kappa shape index (κ3) is 3.64. The molecule has 1 aromatic carbocycles. The molecule has 0 aliphatic heterocycles. The van der Waals surface area contributed by atoms with Crippen LogP contribution < -0.4 is 5.73 Å². The molecule has 1 rings (SSSR count). The standard InChI is InChI=1S/C12H18N2O2/c1-14(12(15)11(13)9-16-2)8-10-6-4-3-5-7-10/h3-7,11H,8-9,13H2,1-2H3. The molecular formula is C12H18N2O2. The number of amides is 1. The van der Waals surface area contributed by atoms with Crippen LogP contribution in [0.1, 0.15) is 5.56 Å². The Balaban J connectivity index is 2.52. The van der Waals surface area contributed by atoms with Gasteiger partial charge in [-0.05, 0) is 5.56 Å². The van der Waals surface area contributed by atoms with Crippen molar-refractivity contribution in [1.82, 2.24) is 4.90 Å². The van der Waals surface area contributed by atoms with Gasteiger partial charge >= 0.3 is 0 Å². The molecule has 1 unspecified atom stereocenters. The van der Waals surface area contributed by atoms with Crippen LogP contribution in [0.15, 0.2) is 30.3 Å². The summed E-state index contributed by atoms with van der Waals surface area (Å²) in [6.45, 7) is 0.815. The van der Waals surface area contributed by atoms with E-state index in [9.17, 15) is 4.79 Å². The molecule has 0 aliphatic rings. The first kappa shape index (κ1) is 12.7. The van der Waals surface area contributed by atoms with E-state index in [-0.39, 0.29) is 12.5 Å². The van der Waals surface area contributed by atoms with Crippen molar-refractivity contribution in [2.75, 3.05) is 20.8 Å². The normalized spacial score (nSPS) is 12.2. The Bertz CT molecular complexity index is 327. The van der Waals surface area contributed by atoms with Crippen molar-refractivity contribution in [2.45, 2.75) is 12.6 Å². The molecule has 2 N–H and O–H groups in total. The van der Waals surface area contributed by atoms with Gasteiger partial charge in [0.1, 0.15) is 6.04 Å². The lowest BCUT2D eigenvalue weighted by atomic mass is 10.2. The summed E-state index contributed by atoms with van der Waals surface area (Å²) in [4.78, 5) is 13.4. The van der Waals surface area contributed by atoms with Crippen molar-refractivity contribution < 1.29 is 9.53 Å². The molecule has 0 saturated carbocycles. The molecule has 0 aliphatic carbocycles. The summed E-state index contributed by atoms with van der Waals surface area (Å²) in [5.74, 6) is -0.106. The first-order valence-corrected chi connectivity index (χ1v) is 5.18. The molecular weight excluding hydrogens is 204 g/mol. The third-order valence-corrected chi connectivity index (χ3v) is 2.30. The molecule has 88 valence electrons. The minimum absolute atomic E-state index is 0.106. The number of ether oxygens (including phenoxy) is 1. The number of benzene rings is 1. The predicted octanol–water partition coefficient (Wildman–Crippen LogP) is 0.619. The number of hydrogen-bond donors (Lipinski definition) is 1. The number of hydrogen-bond acceptors (Lipinski definition) is 3. The van der Waals surface area contributed by atoms with Crippen LogP contribution in [0.25, 0.3) is 0 Å². The van der Waals surface area contributed by atoms with Crippen LogP contribution in [0.5, 0.6) is 0 Å². The third-order valence-electron chi connectivity index (χ3n) is 2.30. The van der Waals surface area contributed by atoms with E-state index in [1.807, 2.05) is 30.3 Å². The Morgan fingerprint density at radius 1 is 1.44 bits per heavy atom. The highest BCUT2D eigenvalue weighted by Crippen LogP contribution is 2.03. The molecule has 0 saturated heterocycles. The maximum absolute atomic E-state index is 11.8. The number of nitrogens with zero attached hydrogens (tertiary/aromatic N) is 1. The van der Waals surface area contributed by atoms with Gasteiger partial charge in [0.15, 0.2) is 0 Å². The first-order chi connectivity index (χ1) is 7.65.